The van der Waals surface area contributed by atoms with Gasteiger partial charge in [0.1, 0.15) is 0 Å². The molecule has 20 heavy (non-hydrogen) atoms. The summed E-state index contributed by atoms with van der Waals surface area (Å²) in [5.41, 5.74) is 2.72. The molecule has 0 fully saturated rings. The van der Waals surface area contributed by atoms with Crippen LogP contribution < -0.4 is 5.56 Å². The van der Waals surface area contributed by atoms with Crippen LogP contribution in [0.3, 0.4) is 0 Å². The zero-order valence-electron chi connectivity index (χ0n) is 13.0. The number of fused-ring (bicyclic) bond motifs is 1. The fraction of sp³-hybridized carbons (Fsp3) is 0.500. The minimum Gasteiger partial charge on any atom is -0.380 e. The first-order valence-electron chi connectivity index (χ1n) is 7.02. The molecule has 0 aliphatic heterocycles. The van der Waals surface area contributed by atoms with E-state index in [0.29, 0.717) is 6.54 Å². The number of methoxy groups -OCH3 is 1. The van der Waals surface area contributed by atoms with Gasteiger partial charge in [-0.15, -0.1) is 0 Å². The summed E-state index contributed by atoms with van der Waals surface area (Å²) in [7, 11) is 1.64. The molecule has 1 atom stereocenters. The van der Waals surface area contributed by atoms with E-state index >= 15 is 0 Å². The Morgan fingerprint density at radius 3 is 2.60 bits per heavy atom. The molecule has 1 aromatic carbocycles. The van der Waals surface area contributed by atoms with Gasteiger partial charge in [0, 0.05) is 7.11 Å². The smallest absolute Gasteiger partial charge is 0.269 e. The van der Waals surface area contributed by atoms with Gasteiger partial charge >= 0.3 is 0 Å². The van der Waals surface area contributed by atoms with Gasteiger partial charge in [-0.3, -0.25) is 4.79 Å². The Morgan fingerprint density at radius 1 is 1.35 bits per heavy atom. The Bertz CT molecular complexity index is 605. The highest BCUT2D eigenvalue weighted by Gasteiger charge is 2.08. The van der Waals surface area contributed by atoms with Crippen molar-refractivity contribution in [2.24, 2.45) is 0 Å². The summed E-state index contributed by atoms with van der Waals surface area (Å²) in [4.78, 5) is 16.0. The van der Waals surface area contributed by atoms with Crippen molar-refractivity contribution in [1.82, 2.24) is 9.55 Å². The highest BCUT2D eigenvalue weighted by molar-refractivity contribution is 5.75. The van der Waals surface area contributed by atoms with E-state index in [4.69, 9.17) is 4.74 Å². The molecule has 110 valence electrons. The van der Waals surface area contributed by atoms with Gasteiger partial charge < -0.3 is 9.30 Å². The minimum atomic E-state index is -0.0907. The predicted molar refractivity (Wildman–Crippen MR) is 83.2 cm³/mol. The summed E-state index contributed by atoms with van der Waals surface area (Å²) in [6.07, 6.45) is 2.61. The van der Waals surface area contributed by atoms with Gasteiger partial charge in [0.15, 0.2) is 0 Å². The summed E-state index contributed by atoms with van der Waals surface area (Å²) in [6.45, 7) is 8.73. The van der Waals surface area contributed by atoms with Gasteiger partial charge in [-0.1, -0.05) is 26.3 Å². The van der Waals surface area contributed by atoms with Crippen molar-refractivity contribution in [2.45, 2.75) is 46.8 Å². The SMILES string of the molecule is CCC.COC(C)Cn1c(=O)cnc2ccc(C)cc21. The zero-order chi connectivity index (χ0) is 15.1. The van der Waals surface area contributed by atoms with E-state index in [2.05, 4.69) is 18.8 Å². The van der Waals surface area contributed by atoms with Gasteiger partial charge in [-0.25, -0.2) is 4.98 Å². The molecule has 0 aliphatic carbocycles. The van der Waals surface area contributed by atoms with Gasteiger partial charge in [-0.05, 0) is 31.5 Å². The number of ether oxygens (including phenoxy) is 1. The topological polar surface area (TPSA) is 44.1 Å². The number of nitrogens with zero attached hydrogens (tertiary/aromatic N) is 2. The van der Waals surface area contributed by atoms with E-state index in [0.717, 1.165) is 16.6 Å². The van der Waals surface area contributed by atoms with Gasteiger partial charge in [0.2, 0.25) is 0 Å². The number of benzene rings is 1. The van der Waals surface area contributed by atoms with E-state index < -0.39 is 0 Å². The lowest BCUT2D eigenvalue weighted by atomic mass is 10.2. The minimum absolute atomic E-state index is 0.00110. The van der Waals surface area contributed by atoms with Crippen molar-refractivity contribution in [1.29, 1.82) is 0 Å². The number of aromatic nitrogens is 2. The molecule has 2 aromatic rings. The molecule has 0 N–H and O–H groups in total. The third-order valence-electron chi connectivity index (χ3n) is 2.84. The van der Waals surface area contributed by atoms with Crippen molar-refractivity contribution >= 4 is 11.0 Å². The first-order chi connectivity index (χ1) is 9.53. The molecular formula is C16H24N2O2. The second kappa shape index (κ2) is 7.80. The molecule has 1 aromatic heterocycles. The predicted octanol–water partition coefficient (Wildman–Crippen LogP) is 3.16. The summed E-state index contributed by atoms with van der Waals surface area (Å²) in [5, 5.41) is 0. The maximum Gasteiger partial charge on any atom is 0.269 e. The highest BCUT2D eigenvalue weighted by atomic mass is 16.5. The normalized spacial score (nSPS) is 11.8. The number of rotatable bonds is 3. The van der Waals surface area contributed by atoms with Crippen LogP contribution in [0.25, 0.3) is 11.0 Å². The molecule has 2 rings (SSSR count). The average molecular weight is 276 g/mol. The maximum atomic E-state index is 11.8. The molecule has 4 nitrogen and oxygen atoms in total. The lowest BCUT2D eigenvalue weighted by Crippen LogP contribution is -2.26. The van der Waals surface area contributed by atoms with Crippen molar-refractivity contribution in [3.8, 4) is 0 Å². The van der Waals surface area contributed by atoms with Gasteiger partial charge in [0.05, 0.1) is 29.9 Å². The molecule has 0 bridgehead atoms. The Kier molecular flexibility index (Phi) is 6.39. The van der Waals surface area contributed by atoms with Crippen LogP contribution in [-0.2, 0) is 11.3 Å². The quantitative estimate of drug-likeness (QED) is 0.865. The van der Waals surface area contributed by atoms with Gasteiger partial charge in [-0.2, -0.15) is 0 Å². The molecule has 4 heteroatoms. The molecule has 1 heterocycles. The summed E-state index contributed by atoms with van der Waals surface area (Å²) >= 11 is 0. The molecule has 0 saturated carbocycles. The Hall–Kier alpha value is -1.68. The third-order valence-corrected chi connectivity index (χ3v) is 2.84. The fourth-order valence-corrected chi connectivity index (χ4v) is 1.79. The fourth-order valence-electron chi connectivity index (χ4n) is 1.79. The van der Waals surface area contributed by atoms with Crippen LogP contribution in [0.15, 0.2) is 29.2 Å². The van der Waals surface area contributed by atoms with Crippen LogP contribution in [-0.4, -0.2) is 22.8 Å². The molecule has 0 amide bonds. The lowest BCUT2D eigenvalue weighted by molar-refractivity contribution is 0.103. The molecule has 0 saturated heterocycles. The van der Waals surface area contributed by atoms with Crippen molar-refractivity contribution in [2.75, 3.05) is 7.11 Å². The molecule has 0 radical (unpaired) electrons. The Balaban J connectivity index is 0.000000612. The second-order valence-corrected chi connectivity index (χ2v) is 4.95. The Morgan fingerprint density at radius 2 is 2.00 bits per heavy atom. The van der Waals surface area contributed by atoms with Crippen molar-refractivity contribution in [3.63, 3.8) is 0 Å². The largest absolute Gasteiger partial charge is 0.380 e. The van der Waals surface area contributed by atoms with Crippen LogP contribution in [0.5, 0.6) is 0 Å². The summed E-state index contributed by atoms with van der Waals surface area (Å²) < 4.78 is 6.92. The first kappa shape index (κ1) is 16.4. The van der Waals surface area contributed by atoms with Crippen LogP contribution in [0, 0.1) is 6.92 Å². The average Bonchev–Trinajstić information content (AvgIpc) is 2.43. The zero-order valence-corrected chi connectivity index (χ0v) is 13.0. The maximum absolute atomic E-state index is 11.8. The van der Waals surface area contributed by atoms with Crippen LogP contribution in [0.1, 0.15) is 32.8 Å². The van der Waals surface area contributed by atoms with Gasteiger partial charge in [0.25, 0.3) is 5.56 Å². The third kappa shape index (κ3) is 4.17. The number of hydrogen-bond acceptors (Lipinski definition) is 3. The van der Waals surface area contributed by atoms with Crippen LogP contribution in [0.4, 0.5) is 0 Å². The van der Waals surface area contributed by atoms with Crippen LogP contribution >= 0.6 is 0 Å². The molecule has 0 aliphatic rings. The number of hydrogen-bond donors (Lipinski definition) is 0. The highest BCUT2D eigenvalue weighted by Crippen LogP contribution is 2.12. The standard InChI is InChI=1S/C13H16N2O2.C3H8/c1-9-4-5-11-12(6-9)15(8-10(2)17-3)13(16)7-14-11;1-3-2/h4-7,10H,8H2,1-3H3;3H2,1-2H3. The van der Waals surface area contributed by atoms with E-state index in [9.17, 15) is 4.79 Å². The van der Waals surface area contributed by atoms with E-state index in [1.54, 1.807) is 11.7 Å². The summed E-state index contributed by atoms with van der Waals surface area (Å²) in [5.74, 6) is 0. The molecular weight excluding hydrogens is 252 g/mol. The van der Waals surface area contributed by atoms with E-state index in [-0.39, 0.29) is 11.7 Å². The van der Waals surface area contributed by atoms with Crippen molar-refractivity contribution < 1.29 is 4.74 Å². The Labute approximate surface area is 120 Å². The number of aryl methyl sites for hydroxylation is 1. The lowest BCUT2D eigenvalue weighted by Gasteiger charge is -2.14. The molecule has 1 unspecified atom stereocenters. The van der Waals surface area contributed by atoms with Crippen molar-refractivity contribution in [3.05, 3.63) is 40.3 Å². The second-order valence-electron chi connectivity index (χ2n) is 4.95. The monoisotopic (exact) mass is 276 g/mol. The van der Waals surface area contributed by atoms with Crippen LogP contribution in [0.2, 0.25) is 0 Å². The summed E-state index contributed by atoms with van der Waals surface area (Å²) in [6, 6.07) is 5.90. The first-order valence-corrected chi connectivity index (χ1v) is 7.02. The molecule has 0 spiro atoms. The van der Waals surface area contributed by atoms with E-state index in [1.807, 2.05) is 32.0 Å². The van der Waals surface area contributed by atoms with E-state index in [1.165, 1.54) is 12.6 Å².